The molecule has 0 saturated carbocycles. The lowest BCUT2D eigenvalue weighted by molar-refractivity contribution is -0.233. The van der Waals surface area contributed by atoms with E-state index in [1.54, 1.807) is 13.0 Å². The minimum atomic E-state index is -1.28. The van der Waals surface area contributed by atoms with Crippen LogP contribution in [0.15, 0.2) is 36.9 Å². The first kappa shape index (κ1) is 16.9. The van der Waals surface area contributed by atoms with Gasteiger partial charge in [0.05, 0.1) is 12.7 Å². The Hall–Kier alpha value is -0.980. The molecule has 2 saturated heterocycles. The molecular weight excluding hydrogens is 323 g/mol. The third-order valence-electron chi connectivity index (χ3n) is 4.05. The van der Waals surface area contributed by atoms with Gasteiger partial charge in [-0.05, 0) is 25.0 Å². The second-order valence-electron chi connectivity index (χ2n) is 5.90. The summed E-state index contributed by atoms with van der Waals surface area (Å²) >= 11 is 6.15. The van der Waals surface area contributed by atoms with Crippen molar-refractivity contribution < 1.29 is 23.3 Å². The highest BCUT2D eigenvalue weighted by Gasteiger charge is 2.56. The van der Waals surface area contributed by atoms with Crippen molar-refractivity contribution in [2.75, 3.05) is 6.67 Å². The number of hydrogen-bond donors (Lipinski definition) is 0. The van der Waals surface area contributed by atoms with E-state index in [0.29, 0.717) is 18.1 Å². The first-order chi connectivity index (χ1) is 11.1. The highest BCUT2D eigenvalue weighted by Crippen LogP contribution is 2.40. The Balaban J connectivity index is 1.71. The zero-order chi connectivity index (χ0) is 16.4. The van der Waals surface area contributed by atoms with E-state index in [-0.39, 0.29) is 12.2 Å². The average Bonchev–Trinajstić information content (AvgIpc) is 3.01. The van der Waals surface area contributed by atoms with Crippen molar-refractivity contribution in [2.45, 2.75) is 50.3 Å². The van der Waals surface area contributed by atoms with Gasteiger partial charge >= 0.3 is 0 Å². The molecule has 5 atom stereocenters. The summed E-state index contributed by atoms with van der Waals surface area (Å²) in [6, 6.07) is 7.47. The lowest BCUT2D eigenvalue weighted by Gasteiger charge is -2.26. The van der Waals surface area contributed by atoms with E-state index < -0.39 is 24.9 Å². The van der Waals surface area contributed by atoms with Crippen molar-refractivity contribution in [2.24, 2.45) is 0 Å². The Morgan fingerprint density at radius 1 is 1.39 bits per heavy atom. The Kier molecular flexibility index (Phi) is 5.04. The fourth-order valence-electron chi connectivity index (χ4n) is 2.89. The number of fused-ring (bicyclic) bond motifs is 1. The zero-order valence-corrected chi connectivity index (χ0v) is 13.7. The van der Waals surface area contributed by atoms with Gasteiger partial charge in [-0.25, -0.2) is 4.39 Å². The Bertz CT molecular complexity index is 569. The molecule has 0 N–H and O–H groups in total. The summed E-state index contributed by atoms with van der Waals surface area (Å²) < 4.78 is 36.2. The second kappa shape index (κ2) is 6.87. The molecule has 0 spiro atoms. The number of alkyl halides is 1. The predicted molar refractivity (Wildman–Crippen MR) is 83.8 cm³/mol. The minimum Gasteiger partial charge on any atom is -0.368 e. The highest BCUT2D eigenvalue weighted by atomic mass is 35.5. The third-order valence-corrected chi connectivity index (χ3v) is 4.42. The normalized spacial score (nSPS) is 36.1. The molecule has 0 aliphatic carbocycles. The van der Waals surface area contributed by atoms with Gasteiger partial charge in [-0.2, -0.15) is 0 Å². The second-order valence-corrected chi connectivity index (χ2v) is 6.31. The fraction of sp³-hybridized carbons (Fsp3) is 0.529. The number of halogens is 2. The van der Waals surface area contributed by atoms with Crippen LogP contribution in [-0.2, 0) is 25.6 Å². The third kappa shape index (κ3) is 3.44. The molecule has 126 valence electrons. The summed E-state index contributed by atoms with van der Waals surface area (Å²) in [5.74, 6) is -1.28. The molecular formula is C17H20ClFO4. The Morgan fingerprint density at radius 2 is 2.17 bits per heavy atom. The maximum Gasteiger partial charge on any atom is 0.197 e. The summed E-state index contributed by atoms with van der Waals surface area (Å²) in [5.41, 5.74) is 0.877. The first-order valence-electron chi connectivity index (χ1n) is 7.59. The van der Waals surface area contributed by atoms with Crippen molar-refractivity contribution in [3.05, 3.63) is 47.5 Å². The van der Waals surface area contributed by atoms with Gasteiger partial charge in [0.2, 0.25) is 0 Å². The predicted octanol–water partition coefficient (Wildman–Crippen LogP) is 3.63. The van der Waals surface area contributed by atoms with E-state index in [0.717, 1.165) is 5.56 Å². The van der Waals surface area contributed by atoms with Crippen LogP contribution in [0, 0.1) is 0 Å². The quantitative estimate of drug-likeness (QED) is 0.740. The van der Waals surface area contributed by atoms with Gasteiger partial charge in [-0.15, -0.1) is 6.58 Å². The van der Waals surface area contributed by atoms with Crippen molar-refractivity contribution in [1.82, 2.24) is 0 Å². The largest absolute Gasteiger partial charge is 0.368 e. The molecule has 0 amide bonds. The van der Waals surface area contributed by atoms with E-state index >= 15 is 0 Å². The standard InChI is InChI=1S/C17H20ClFO4/c1-3-6-13-14(20-9-11-7-4-5-8-12(11)18)15-16(21-13)23-17(2,10-19)22-15/h3-5,7-8,13-16H,1,6,9-10H2,2H3/t13-,14+,15-,16-,17?/m1/s1. The van der Waals surface area contributed by atoms with Crippen molar-refractivity contribution >= 4 is 11.6 Å². The summed E-state index contributed by atoms with van der Waals surface area (Å²) in [7, 11) is 0. The number of benzene rings is 1. The molecule has 3 rings (SSSR count). The molecule has 2 aliphatic rings. The van der Waals surface area contributed by atoms with Crippen LogP contribution < -0.4 is 0 Å². The Morgan fingerprint density at radius 3 is 2.87 bits per heavy atom. The van der Waals surface area contributed by atoms with Gasteiger partial charge in [0.1, 0.15) is 18.9 Å². The molecule has 1 aromatic rings. The maximum atomic E-state index is 13.1. The Labute approximate surface area is 140 Å². The molecule has 2 aliphatic heterocycles. The zero-order valence-electron chi connectivity index (χ0n) is 12.9. The van der Waals surface area contributed by atoms with E-state index in [4.69, 9.17) is 30.5 Å². The van der Waals surface area contributed by atoms with E-state index in [1.807, 2.05) is 24.3 Å². The molecule has 0 aromatic heterocycles. The van der Waals surface area contributed by atoms with Crippen LogP contribution in [0.2, 0.25) is 5.02 Å². The van der Waals surface area contributed by atoms with Crippen LogP contribution in [0.3, 0.4) is 0 Å². The molecule has 4 nitrogen and oxygen atoms in total. The highest BCUT2D eigenvalue weighted by molar-refractivity contribution is 6.31. The van der Waals surface area contributed by atoms with Gasteiger partial charge in [-0.3, -0.25) is 0 Å². The van der Waals surface area contributed by atoms with Gasteiger partial charge in [0.15, 0.2) is 12.1 Å². The van der Waals surface area contributed by atoms with E-state index in [2.05, 4.69) is 6.58 Å². The smallest absolute Gasteiger partial charge is 0.197 e. The van der Waals surface area contributed by atoms with Gasteiger partial charge in [0.25, 0.3) is 0 Å². The molecule has 0 bridgehead atoms. The average molecular weight is 343 g/mol. The number of hydrogen-bond acceptors (Lipinski definition) is 4. The first-order valence-corrected chi connectivity index (χ1v) is 7.97. The van der Waals surface area contributed by atoms with Crippen LogP contribution in [0.1, 0.15) is 18.9 Å². The molecule has 1 unspecified atom stereocenters. The molecule has 23 heavy (non-hydrogen) atoms. The van der Waals surface area contributed by atoms with E-state index in [9.17, 15) is 4.39 Å². The van der Waals surface area contributed by atoms with Crippen molar-refractivity contribution in [3.8, 4) is 0 Å². The fourth-order valence-corrected chi connectivity index (χ4v) is 3.08. The van der Waals surface area contributed by atoms with Gasteiger partial charge < -0.3 is 18.9 Å². The SMILES string of the molecule is C=CC[C@H]1O[C@@H]2OC(C)(CF)O[C@@H]2[C@H]1OCc1ccccc1Cl. The minimum absolute atomic E-state index is 0.242. The summed E-state index contributed by atoms with van der Waals surface area (Å²) in [5, 5.41) is 0.639. The van der Waals surface area contributed by atoms with Crippen LogP contribution in [0.4, 0.5) is 4.39 Å². The van der Waals surface area contributed by atoms with Crippen LogP contribution in [0.5, 0.6) is 0 Å². The van der Waals surface area contributed by atoms with Gasteiger partial charge in [-0.1, -0.05) is 35.9 Å². The maximum absolute atomic E-state index is 13.1. The molecule has 6 heteroatoms. The van der Waals surface area contributed by atoms with Crippen LogP contribution in [0.25, 0.3) is 0 Å². The summed E-state index contributed by atoms with van der Waals surface area (Å²) in [6.07, 6.45) is 0.641. The van der Waals surface area contributed by atoms with Gasteiger partial charge in [0, 0.05) is 5.02 Å². The van der Waals surface area contributed by atoms with Crippen LogP contribution in [-0.4, -0.2) is 37.1 Å². The summed E-state index contributed by atoms with van der Waals surface area (Å²) in [6.45, 7) is 4.87. The topological polar surface area (TPSA) is 36.9 Å². The van der Waals surface area contributed by atoms with Crippen LogP contribution >= 0.6 is 11.6 Å². The monoisotopic (exact) mass is 342 g/mol. The van der Waals surface area contributed by atoms with E-state index in [1.165, 1.54) is 0 Å². The number of ether oxygens (including phenoxy) is 4. The molecule has 1 aromatic carbocycles. The van der Waals surface area contributed by atoms with Crippen molar-refractivity contribution in [3.63, 3.8) is 0 Å². The lowest BCUT2D eigenvalue weighted by atomic mass is 10.1. The molecule has 2 heterocycles. The number of rotatable bonds is 6. The lowest BCUT2D eigenvalue weighted by Crippen LogP contribution is -2.38. The summed E-state index contributed by atoms with van der Waals surface area (Å²) in [4.78, 5) is 0. The molecule has 0 radical (unpaired) electrons. The molecule has 2 fully saturated rings. The van der Waals surface area contributed by atoms with Crippen molar-refractivity contribution in [1.29, 1.82) is 0 Å².